The Morgan fingerprint density at radius 3 is 2.51 bits per heavy atom. The molecule has 2 aliphatic heterocycles. The van der Waals surface area contributed by atoms with Crippen molar-refractivity contribution in [2.45, 2.75) is 93.5 Å². The molecule has 7 atom stereocenters. The normalized spacial score (nSPS) is 28.2. The second-order valence-electron chi connectivity index (χ2n) is 11.9. The van der Waals surface area contributed by atoms with Gasteiger partial charge in [-0.2, -0.15) is 0 Å². The van der Waals surface area contributed by atoms with E-state index in [0.29, 0.717) is 30.6 Å². The van der Waals surface area contributed by atoms with Crippen LogP contribution in [0.5, 0.6) is 5.75 Å². The van der Waals surface area contributed by atoms with Gasteiger partial charge in [0.25, 0.3) is 0 Å². The zero-order valence-corrected chi connectivity index (χ0v) is 24.6. The maximum absolute atomic E-state index is 13.0. The van der Waals surface area contributed by atoms with Crippen molar-refractivity contribution in [1.29, 1.82) is 0 Å². The second kappa shape index (κ2) is 12.0. The van der Waals surface area contributed by atoms with Crippen LogP contribution in [0.3, 0.4) is 0 Å². The average Bonchev–Trinajstić information content (AvgIpc) is 3.31. The van der Waals surface area contributed by atoms with E-state index in [0.717, 1.165) is 24.6 Å². The van der Waals surface area contributed by atoms with Gasteiger partial charge in [-0.15, -0.1) is 0 Å². The number of carbonyl (C=O) groups is 5. The van der Waals surface area contributed by atoms with Gasteiger partial charge >= 0.3 is 29.8 Å². The van der Waals surface area contributed by atoms with E-state index in [2.05, 4.69) is 9.64 Å². The summed E-state index contributed by atoms with van der Waals surface area (Å²) in [6, 6.07) is 3.46. The molecule has 1 fully saturated rings. The molecule has 15 nitrogen and oxygen atoms in total. The zero-order chi connectivity index (χ0) is 32.8. The minimum Gasteiger partial charge on any atom is -0.481 e. The minimum atomic E-state index is -2.08. The average molecular weight is 634 g/mol. The molecule has 0 radical (unpaired) electrons. The minimum absolute atomic E-state index is 0.0940. The molecule has 45 heavy (non-hydrogen) atoms. The van der Waals surface area contributed by atoms with Gasteiger partial charge in [0.1, 0.15) is 11.5 Å². The first-order chi connectivity index (χ1) is 21.2. The van der Waals surface area contributed by atoms with Crippen molar-refractivity contribution >= 4 is 29.8 Å². The van der Waals surface area contributed by atoms with E-state index in [1.807, 2.05) is 13.1 Å². The summed E-state index contributed by atoms with van der Waals surface area (Å²) in [7, 11) is 1.96. The van der Waals surface area contributed by atoms with Gasteiger partial charge in [0.15, 0.2) is 18.3 Å². The fourth-order valence-corrected chi connectivity index (χ4v) is 7.18. The largest absolute Gasteiger partial charge is 0.481 e. The van der Waals surface area contributed by atoms with E-state index in [9.17, 15) is 39.3 Å². The van der Waals surface area contributed by atoms with Gasteiger partial charge in [0.2, 0.25) is 6.10 Å². The van der Waals surface area contributed by atoms with Crippen LogP contribution in [-0.2, 0) is 56.6 Å². The highest BCUT2D eigenvalue weighted by molar-refractivity contribution is 5.87. The molecule has 2 aliphatic carbocycles. The Kier molecular flexibility index (Phi) is 8.65. The lowest BCUT2D eigenvalue weighted by molar-refractivity contribution is -0.181. The number of carbonyl (C=O) groups excluding carboxylic acids is 3. The molecule has 2 heterocycles. The van der Waals surface area contributed by atoms with Crippen LogP contribution < -0.4 is 4.74 Å². The summed E-state index contributed by atoms with van der Waals surface area (Å²) < 4.78 is 21.4. The summed E-state index contributed by atoms with van der Waals surface area (Å²) in [6.07, 6.45) is -5.18. The summed E-state index contributed by atoms with van der Waals surface area (Å²) in [6.45, 7) is 1.44. The van der Waals surface area contributed by atoms with Gasteiger partial charge in [-0.05, 0) is 51.4 Å². The van der Waals surface area contributed by atoms with Crippen molar-refractivity contribution in [1.82, 2.24) is 4.90 Å². The summed E-state index contributed by atoms with van der Waals surface area (Å²) in [5, 5.41) is 50.6. The van der Waals surface area contributed by atoms with E-state index in [4.69, 9.17) is 24.4 Å². The predicted octanol–water partition coefficient (Wildman–Crippen LogP) is -0.456. The number of esters is 3. The first-order valence-electron chi connectivity index (χ1n) is 14.5. The zero-order valence-electron chi connectivity index (χ0n) is 24.6. The molecule has 244 valence electrons. The Balaban J connectivity index is 1.29. The number of hydrogen-bond acceptors (Lipinski definition) is 13. The standard InChI is InChI=1S/C30H35NO14/c1-14(27(39)44-19(26(37)38)12-21(34)35)42-28(40)17(33)11-22(36)43-18-6-8-30(41)20-10-15-4-5-16(13-32)24-23(15)29(30,25(18)45-24)7-3-9-31(20)2/h4-6,14,17,19-20,25,32-33,41H,3,7-13H2,1-2H3,(H,34,35)(H,37,38)/t14-,17-,19-,20+,25-,29-,30+/m0/s1. The molecule has 1 spiro atoms. The Bertz CT molecular complexity index is 1460. The quantitative estimate of drug-likeness (QED) is 0.154. The smallest absolute Gasteiger partial charge is 0.348 e. The van der Waals surface area contributed by atoms with Gasteiger partial charge < -0.3 is 49.4 Å². The topological polar surface area (TPSA) is 227 Å². The lowest BCUT2D eigenvalue weighted by Crippen LogP contribution is -2.69. The molecule has 0 saturated carbocycles. The van der Waals surface area contributed by atoms with E-state index in [1.54, 1.807) is 12.1 Å². The summed E-state index contributed by atoms with van der Waals surface area (Å²) in [4.78, 5) is 61.6. The number of rotatable bonds is 11. The lowest BCUT2D eigenvalue weighted by atomic mass is 9.52. The van der Waals surface area contributed by atoms with Gasteiger partial charge in [-0.1, -0.05) is 12.1 Å². The number of carboxylic acid groups (broad SMARTS) is 2. The van der Waals surface area contributed by atoms with E-state index < -0.39 is 78.1 Å². The van der Waals surface area contributed by atoms with Gasteiger partial charge in [-0.3, -0.25) is 9.59 Å². The summed E-state index contributed by atoms with van der Waals surface area (Å²) in [5.41, 5.74) is 0.0494. The second-order valence-corrected chi connectivity index (χ2v) is 11.9. The monoisotopic (exact) mass is 633 g/mol. The van der Waals surface area contributed by atoms with Crippen molar-refractivity contribution in [2.24, 2.45) is 0 Å². The highest BCUT2D eigenvalue weighted by atomic mass is 16.6. The third-order valence-corrected chi connectivity index (χ3v) is 9.23. The van der Waals surface area contributed by atoms with Crippen LogP contribution >= 0.6 is 0 Å². The van der Waals surface area contributed by atoms with Crippen molar-refractivity contribution in [3.05, 3.63) is 40.7 Å². The summed E-state index contributed by atoms with van der Waals surface area (Å²) in [5.74, 6) is -6.53. The number of likely N-dealkylation sites (tertiary alicyclic amines) is 1. The Morgan fingerprint density at radius 2 is 1.84 bits per heavy atom. The van der Waals surface area contributed by atoms with Crippen LogP contribution in [0, 0.1) is 0 Å². The predicted molar refractivity (Wildman–Crippen MR) is 148 cm³/mol. The molecule has 1 aromatic carbocycles. The first-order valence-corrected chi connectivity index (χ1v) is 14.5. The molecule has 0 unspecified atom stereocenters. The molecule has 15 heteroatoms. The fourth-order valence-electron chi connectivity index (χ4n) is 7.18. The van der Waals surface area contributed by atoms with Gasteiger partial charge in [0.05, 0.1) is 30.5 Å². The highest BCUT2D eigenvalue weighted by Crippen LogP contribution is 2.64. The Hall–Kier alpha value is -4.05. The van der Waals surface area contributed by atoms with Crippen molar-refractivity contribution in [2.75, 3.05) is 13.6 Å². The third kappa shape index (κ3) is 5.43. The molecule has 5 rings (SSSR count). The maximum Gasteiger partial charge on any atom is 0.348 e. The van der Waals surface area contributed by atoms with Crippen molar-refractivity contribution < 1.29 is 68.5 Å². The van der Waals surface area contributed by atoms with Crippen LogP contribution in [0.1, 0.15) is 55.7 Å². The number of aliphatic hydroxyl groups is 3. The number of hydrogen-bond donors (Lipinski definition) is 5. The molecule has 4 aliphatic rings. The number of likely N-dealkylation sites (N-methyl/N-ethyl adjacent to an activating group) is 1. The number of aliphatic hydroxyl groups excluding tert-OH is 2. The molecule has 1 saturated heterocycles. The molecular formula is C30H35NO14. The number of aliphatic carboxylic acids is 2. The van der Waals surface area contributed by atoms with Crippen molar-refractivity contribution in [3.8, 4) is 5.75 Å². The molecule has 1 aromatic rings. The number of nitrogens with zero attached hydrogens (tertiary/aromatic N) is 1. The number of benzene rings is 1. The molecule has 5 N–H and O–H groups in total. The third-order valence-electron chi connectivity index (χ3n) is 9.23. The molecule has 0 amide bonds. The van der Waals surface area contributed by atoms with Crippen LogP contribution in [0.4, 0.5) is 0 Å². The maximum atomic E-state index is 13.0. The van der Waals surface area contributed by atoms with Crippen LogP contribution in [0.15, 0.2) is 24.0 Å². The van der Waals surface area contributed by atoms with Crippen molar-refractivity contribution in [3.63, 3.8) is 0 Å². The fraction of sp³-hybridized carbons (Fsp3) is 0.567. The Morgan fingerprint density at radius 1 is 1.11 bits per heavy atom. The molecular weight excluding hydrogens is 598 g/mol. The van der Waals surface area contributed by atoms with Crippen LogP contribution in [0.25, 0.3) is 0 Å². The highest BCUT2D eigenvalue weighted by Gasteiger charge is 2.70. The number of carboxylic acids is 2. The summed E-state index contributed by atoms with van der Waals surface area (Å²) >= 11 is 0. The SMILES string of the molecule is C[C@H](OC(=O)[C@@H](O)CC(=O)OC1=CC[C@@]2(O)[C@H]3Cc4ccc(CO)c5c4[C@@]2(CCCN3C)[C@H]1O5)C(=O)O[C@@H](CC(=O)O)C(=O)O. The van der Waals surface area contributed by atoms with E-state index >= 15 is 0 Å². The number of ether oxygens (including phenoxy) is 4. The van der Waals surface area contributed by atoms with Gasteiger partial charge in [-0.25, -0.2) is 14.4 Å². The Labute approximate surface area is 256 Å². The lowest BCUT2D eigenvalue weighted by Gasteiger charge is -2.56. The molecule has 0 aromatic heterocycles. The van der Waals surface area contributed by atoms with Crippen LogP contribution in [-0.4, -0.2) is 110 Å². The first kappa shape index (κ1) is 32.3. The van der Waals surface area contributed by atoms with E-state index in [-0.39, 0.29) is 24.8 Å². The van der Waals surface area contributed by atoms with E-state index in [1.165, 1.54) is 0 Å². The van der Waals surface area contributed by atoms with Gasteiger partial charge in [0, 0.05) is 23.6 Å². The molecule has 2 bridgehead atoms. The van der Waals surface area contributed by atoms with Crippen LogP contribution in [0.2, 0.25) is 0 Å².